The summed E-state index contributed by atoms with van der Waals surface area (Å²) >= 11 is 0. The summed E-state index contributed by atoms with van der Waals surface area (Å²) in [6.07, 6.45) is -0.320. The number of rotatable bonds is 7. The predicted octanol–water partition coefficient (Wildman–Crippen LogP) is 2.36. The third kappa shape index (κ3) is 3.31. The van der Waals surface area contributed by atoms with Gasteiger partial charge in [-0.05, 0) is 43.2 Å². The molecule has 1 aliphatic heterocycles. The molecule has 2 N–H and O–H groups in total. The minimum absolute atomic E-state index is 0.00864. The summed E-state index contributed by atoms with van der Waals surface area (Å²) in [5.74, 6) is -2.30. The number of aliphatic imine (C=N–C) groups is 1. The van der Waals surface area contributed by atoms with Crippen LogP contribution in [-0.4, -0.2) is 46.3 Å². The molecule has 1 aromatic carbocycles. The number of hydrogen-bond donors (Lipinski definition) is 2. The molecule has 1 atom stereocenters. The largest absolute Gasteiger partial charge is 0.497 e. The number of carbonyl (C=O) groups is 3. The lowest BCUT2D eigenvalue weighted by Crippen LogP contribution is -2.33. The number of carboxylic acid groups (broad SMARTS) is 2. The molecule has 0 amide bonds. The molecule has 0 aromatic heterocycles. The molecule has 0 aliphatic carbocycles. The first kappa shape index (κ1) is 18.4. The van der Waals surface area contributed by atoms with Crippen LogP contribution in [0.4, 0.5) is 0 Å². The van der Waals surface area contributed by atoms with Gasteiger partial charge in [0.15, 0.2) is 0 Å². The number of hydrogen-bond acceptors (Lipinski definition) is 5. The average molecular weight is 345 g/mol. The number of aliphatic carboxylic acids is 2. The van der Waals surface area contributed by atoms with Crippen molar-refractivity contribution in [1.29, 1.82) is 0 Å². The predicted molar refractivity (Wildman–Crippen MR) is 90.4 cm³/mol. The summed E-state index contributed by atoms with van der Waals surface area (Å²) in [6.45, 7) is 3.15. The molecular formula is C18H19NO6. The number of allylic oxidation sites excluding steroid dienone is 1. The van der Waals surface area contributed by atoms with Gasteiger partial charge in [0.25, 0.3) is 0 Å². The van der Waals surface area contributed by atoms with Crippen LogP contribution >= 0.6 is 0 Å². The molecule has 0 fully saturated rings. The molecule has 1 heterocycles. The SMILES string of the molecule is CCC1(CC(=O)O)N=C(C(=O)c2ccc(OC)cc2)C(C)=C1C(=O)O. The van der Waals surface area contributed by atoms with E-state index in [0.717, 1.165) is 0 Å². The Hall–Kier alpha value is -2.96. The molecule has 7 nitrogen and oxygen atoms in total. The lowest BCUT2D eigenvalue weighted by Gasteiger charge is -2.24. The molecule has 0 spiro atoms. The second kappa shape index (κ2) is 6.88. The smallest absolute Gasteiger partial charge is 0.334 e. The molecule has 0 radical (unpaired) electrons. The van der Waals surface area contributed by atoms with Gasteiger partial charge in [-0.25, -0.2) is 4.79 Å². The van der Waals surface area contributed by atoms with Crippen molar-refractivity contribution in [2.75, 3.05) is 7.11 Å². The van der Waals surface area contributed by atoms with E-state index in [4.69, 9.17) is 4.74 Å². The van der Waals surface area contributed by atoms with Gasteiger partial charge in [-0.3, -0.25) is 14.6 Å². The highest BCUT2D eigenvalue weighted by Crippen LogP contribution is 2.38. The van der Waals surface area contributed by atoms with Crippen LogP contribution < -0.4 is 4.74 Å². The third-order valence-electron chi connectivity index (χ3n) is 4.33. The van der Waals surface area contributed by atoms with Crippen LogP contribution in [0.25, 0.3) is 0 Å². The highest BCUT2D eigenvalue weighted by atomic mass is 16.5. The number of nitrogens with zero attached hydrogens (tertiary/aromatic N) is 1. The molecule has 0 saturated carbocycles. The van der Waals surface area contributed by atoms with Crippen molar-refractivity contribution in [2.45, 2.75) is 32.2 Å². The van der Waals surface area contributed by atoms with E-state index in [2.05, 4.69) is 4.99 Å². The lowest BCUT2D eigenvalue weighted by molar-refractivity contribution is -0.138. The van der Waals surface area contributed by atoms with Crippen molar-refractivity contribution in [3.63, 3.8) is 0 Å². The quantitative estimate of drug-likeness (QED) is 0.733. The van der Waals surface area contributed by atoms with Gasteiger partial charge < -0.3 is 14.9 Å². The summed E-state index contributed by atoms with van der Waals surface area (Å²) in [5.41, 5.74) is -1.04. The molecule has 0 saturated heterocycles. The Bertz CT molecular complexity index is 790. The van der Waals surface area contributed by atoms with E-state index in [9.17, 15) is 24.6 Å². The average Bonchev–Trinajstić information content (AvgIpc) is 2.86. The van der Waals surface area contributed by atoms with Gasteiger partial charge in [-0.1, -0.05) is 6.92 Å². The van der Waals surface area contributed by atoms with Gasteiger partial charge >= 0.3 is 11.9 Å². The Morgan fingerprint density at radius 1 is 1.16 bits per heavy atom. The van der Waals surface area contributed by atoms with Crippen molar-refractivity contribution in [2.24, 2.45) is 4.99 Å². The molecule has 132 valence electrons. The topological polar surface area (TPSA) is 113 Å². The first-order valence-corrected chi connectivity index (χ1v) is 7.71. The Kier molecular flexibility index (Phi) is 5.06. The Labute approximate surface area is 144 Å². The zero-order valence-corrected chi connectivity index (χ0v) is 14.2. The maximum atomic E-state index is 12.8. The summed E-state index contributed by atoms with van der Waals surface area (Å²) in [7, 11) is 1.51. The number of benzene rings is 1. The van der Waals surface area contributed by atoms with Crippen molar-refractivity contribution in [3.05, 3.63) is 41.0 Å². The van der Waals surface area contributed by atoms with Crippen LogP contribution in [0.2, 0.25) is 0 Å². The van der Waals surface area contributed by atoms with E-state index in [-0.39, 0.29) is 23.3 Å². The first-order valence-electron chi connectivity index (χ1n) is 7.71. The number of methoxy groups -OCH3 is 1. The normalized spacial score (nSPS) is 19.6. The molecule has 2 rings (SSSR count). The van der Waals surface area contributed by atoms with Gasteiger partial charge in [-0.2, -0.15) is 0 Å². The minimum Gasteiger partial charge on any atom is -0.497 e. The number of carbonyl (C=O) groups excluding carboxylic acids is 1. The molecule has 25 heavy (non-hydrogen) atoms. The van der Waals surface area contributed by atoms with Crippen molar-refractivity contribution >= 4 is 23.4 Å². The molecule has 1 aliphatic rings. The van der Waals surface area contributed by atoms with Gasteiger partial charge in [0.1, 0.15) is 17.0 Å². The number of ketones is 1. The van der Waals surface area contributed by atoms with E-state index in [1.165, 1.54) is 14.0 Å². The van der Waals surface area contributed by atoms with E-state index in [1.54, 1.807) is 31.2 Å². The van der Waals surface area contributed by atoms with Gasteiger partial charge in [0.2, 0.25) is 5.78 Å². The molecule has 1 unspecified atom stereocenters. The van der Waals surface area contributed by atoms with Crippen LogP contribution in [0.15, 0.2) is 40.4 Å². The van der Waals surface area contributed by atoms with Crippen LogP contribution in [-0.2, 0) is 9.59 Å². The first-order chi connectivity index (χ1) is 11.8. The highest BCUT2D eigenvalue weighted by molar-refractivity contribution is 6.52. The van der Waals surface area contributed by atoms with Crippen LogP contribution in [0.1, 0.15) is 37.0 Å². The molecule has 0 bridgehead atoms. The van der Waals surface area contributed by atoms with Crippen molar-refractivity contribution in [3.8, 4) is 5.75 Å². The maximum absolute atomic E-state index is 12.8. The Balaban J connectivity index is 2.53. The van der Waals surface area contributed by atoms with Crippen LogP contribution in [0.5, 0.6) is 5.75 Å². The standard InChI is InChI=1S/C18H19NO6/c1-4-18(9-13(20)21)14(17(23)24)10(2)15(19-18)16(22)11-5-7-12(25-3)8-6-11/h5-8H,4,9H2,1-3H3,(H,20,21)(H,23,24). The zero-order valence-electron chi connectivity index (χ0n) is 14.2. The number of carboxylic acids is 2. The third-order valence-corrected chi connectivity index (χ3v) is 4.33. The highest BCUT2D eigenvalue weighted by Gasteiger charge is 2.46. The fraction of sp³-hybridized carbons (Fsp3) is 0.333. The fourth-order valence-electron chi connectivity index (χ4n) is 3.04. The molecule has 1 aromatic rings. The van der Waals surface area contributed by atoms with E-state index in [1.807, 2.05) is 0 Å². The van der Waals surface area contributed by atoms with Gasteiger partial charge in [-0.15, -0.1) is 0 Å². The lowest BCUT2D eigenvalue weighted by atomic mass is 9.83. The summed E-state index contributed by atoms with van der Waals surface area (Å²) < 4.78 is 5.04. The van der Waals surface area contributed by atoms with Crippen LogP contribution in [0, 0.1) is 0 Å². The number of ether oxygens (including phenoxy) is 1. The second-order valence-electron chi connectivity index (χ2n) is 5.78. The summed E-state index contributed by atoms with van der Waals surface area (Å²) in [5, 5.41) is 18.7. The fourth-order valence-corrected chi connectivity index (χ4v) is 3.04. The van der Waals surface area contributed by atoms with E-state index < -0.39 is 29.7 Å². The van der Waals surface area contributed by atoms with Gasteiger partial charge in [0.05, 0.1) is 19.1 Å². The van der Waals surface area contributed by atoms with Gasteiger partial charge in [0, 0.05) is 5.56 Å². The van der Waals surface area contributed by atoms with E-state index >= 15 is 0 Å². The molecular weight excluding hydrogens is 326 g/mol. The van der Waals surface area contributed by atoms with Crippen molar-refractivity contribution in [1.82, 2.24) is 0 Å². The summed E-state index contributed by atoms with van der Waals surface area (Å²) in [6, 6.07) is 6.34. The second-order valence-corrected chi connectivity index (χ2v) is 5.78. The van der Waals surface area contributed by atoms with E-state index in [0.29, 0.717) is 11.3 Å². The van der Waals surface area contributed by atoms with Crippen LogP contribution in [0.3, 0.4) is 0 Å². The van der Waals surface area contributed by atoms with Crippen molar-refractivity contribution < 1.29 is 29.3 Å². The molecule has 7 heteroatoms. The number of Topliss-reactive ketones (excluding diaryl/α,β-unsaturated/α-hetero) is 1. The minimum atomic E-state index is -1.43. The maximum Gasteiger partial charge on any atom is 0.334 e. The Morgan fingerprint density at radius 2 is 1.76 bits per heavy atom. The zero-order chi connectivity index (χ0) is 18.8. The monoisotopic (exact) mass is 345 g/mol. The Morgan fingerprint density at radius 3 is 2.20 bits per heavy atom. The summed E-state index contributed by atoms with van der Waals surface area (Å²) in [4.78, 5) is 40.0.